The minimum atomic E-state index is -2.93. The van der Waals surface area contributed by atoms with Gasteiger partial charge in [-0.1, -0.05) is 6.07 Å². The second-order valence-electron chi connectivity index (χ2n) is 6.59. The maximum atomic E-state index is 12.4. The summed E-state index contributed by atoms with van der Waals surface area (Å²) >= 11 is 0. The van der Waals surface area contributed by atoms with Crippen molar-refractivity contribution in [1.29, 1.82) is 0 Å². The molecular weight excluding hydrogens is 374 g/mol. The number of halogens is 2. The van der Waals surface area contributed by atoms with Gasteiger partial charge in [-0.15, -0.1) is 0 Å². The van der Waals surface area contributed by atoms with Gasteiger partial charge in [-0.3, -0.25) is 9.59 Å². The highest BCUT2D eigenvalue weighted by atomic mass is 19.3. The Hall–Kier alpha value is -2.42. The number of likely N-dealkylation sites (tertiary alicyclic amines) is 1. The molecule has 1 amide bonds. The molecule has 2 rings (SSSR count). The van der Waals surface area contributed by atoms with Crippen LogP contribution < -0.4 is 19.7 Å². The molecule has 0 radical (unpaired) electrons. The van der Waals surface area contributed by atoms with Gasteiger partial charge in [0.1, 0.15) is 0 Å². The zero-order valence-corrected chi connectivity index (χ0v) is 16.1. The molecule has 0 saturated carbocycles. The fourth-order valence-corrected chi connectivity index (χ4v) is 3.20. The average Bonchev–Trinajstić information content (AvgIpc) is 2.67. The molecule has 2 N–H and O–H groups in total. The number of piperidine rings is 1. The first-order valence-electron chi connectivity index (χ1n) is 9.31. The molecule has 156 valence electrons. The number of amides is 1. The molecule has 7 nitrogen and oxygen atoms in total. The minimum absolute atomic E-state index is 0.0542. The monoisotopic (exact) mass is 401 g/mol. The van der Waals surface area contributed by atoms with Crippen LogP contribution in [0.4, 0.5) is 8.78 Å². The standard InChI is InChI=1S/C19H26F2N2O5/c1-3-27-18(25)14-6-8-23(9-7-14)12-17(24)22-11-13-4-5-15(28-19(20)21)16(10-13)26-2/h4-5,10,14,19H,3,6-9,11-12H2,1-2H3,(H,22,24)/p+1. The van der Waals surface area contributed by atoms with Gasteiger partial charge in [0.2, 0.25) is 0 Å². The molecule has 0 bridgehead atoms. The highest BCUT2D eigenvalue weighted by Crippen LogP contribution is 2.29. The van der Waals surface area contributed by atoms with E-state index in [1.807, 2.05) is 0 Å². The van der Waals surface area contributed by atoms with Crippen molar-refractivity contribution < 1.29 is 37.5 Å². The summed E-state index contributed by atoms with van der Waals surface area (Å²) in [5.74, 6) is -0.218. The lowest BCUT2D eigenvalue weighted by molar-refractivity contribution is -0.897. The summed E-state index contributed by atoms with van der Waals surface area (Å²) in [4.78, 5) is 25.1. The lowest BCUT2D eigenvalue weighted by atomic mass is 9.97. The number of benzene rings is 1. The van der Waals surface area contributed by atoms with Gasteiger partial charge in [0.25, 0.3) is 5.91 Å². The van der Waals surface area contributed by atoms with Crippen LogP contribution in [-0.2, 0) is 20.9 Å². The molecule has 28 heavy (non-hydrogen) atoms. The number of esters is 1. The van der Waals surface area contributed by atoms with Crippen molar-refractivity contribution in [3.05, 3.63) is 23.8 Å². The van der Waals surface area contributed by atoms with Crippen LogP contribution in [0.1, 0.15) is 25.3 Å². The van der Waals surface area contributed by atoms with Crippen molar-refractivity contribution in [1.82, 2.24) is 5.32 Å². The van der Waals surface area contributed by atoms with Gasteiger partial charge in [-0.05, 0) is 24.6 Å². The Kier molecular flexibility index (Phi) is 8.43. The zero-order chi connectivity index (χ0) is 20.5. The van der Waals surface area contributed by atoms with Crippen LogP contribution in [0.2, 0.25) is 0 Å². The number of hydrogen-bond acceptors (Lipinski definition) is 5. The Morgan fingerprint density at radius 3 is 2.57 bits per heavy atom. The number of ether oxygens (including phenoxy) is 3. The third-order valence-corrected chi connectivity index (χ3v) is 4.66. The Morgan fingerprint density at radius 2 is 1.96 bits per heavy atom. The highest BCUT2D eigenvalue weighted by molar-refractivity contribution is 5.77. The quantitative estimate of drug-likeness (QED) is 0.598. The van der Waals surface area contributed by atoms with E-state index in [4.69, 9.17) is 9.47 Å². The summed E-state index contributed by atoms with van der Waals surface area (Å²) in [5.41, 5.74) is 0.711. The molecule has 1 aliphatic rings. The Balaban J connectivity index is 1.78. The normalized spacial score (nSPS) is 19.2. The summed E-state index contributed by atoms with van der Waals surface area (Å²) in [5, 5.41) is 2.82. The number of alkyl halides is 2. The van der Waals surface area contributed by atoms with E-state index < -0.39 is 6.61 Å². The summed E-state index contributed by atoms with van der Waals surface area (Å²) in [6.07, 6.45) is 1.43. The summed E-state index contributed by atoms with van der Waals surface area (Å²) in [6.45, 7) is 1.29. The molecule has 0 spiro atoms. The topological polar surface area (TPSA) is 78.3 Å². The van der Waals surface area contributed by atoms with Crippen molar-refractivity contribution in [3.63, 3.8) is 0 Å². The largest absolute Gasteiger partial charge is 0.493 e. The maximum Gasteiger partial charge on any atom is 0.387 e. The molecule has 1 aromatic carbocycles. The van der Waals surface area contributed by atoms with Crippen molar-refractivity contribution in [2.24, 2.45) is 5.92 Å². The van der Waals surface area contributed by atoms with E-state index in [0.717, 1.165) is 18.0 Å². The second kappa shape index (κ2) is 10.8. The molecule has 0 atom stereocenters. The first-order chi connectivity index (χ1) is 13.4. The van der Waals surface area contributed by atoms with E-state index >= 15 is 0 Å². The number of methoxy groups -OCH3 is 1. The highest BCUT2D eigenvalue weighted by Gasteiger charge is 2.29. The van der Waals surface area contributed by atoms with Crippen molar-refractivity contribution in [2.45, 2.75) is 32.9 Å². The lowest BCUT2D eigenvalue weighted by Gasteiger charge is -2.27. The molecular formula is C19H27F2N2O5+. The van der Waals surface area contributed by atoms with E-state index in [0.29, 0.717) is 31.6 Å². The molecule has 1 aromatic rings. The fourth-order valence-electron chi connectivity index (χ4n) is 3.20. The van der Waals surface area contributed by atoms with Crippen LogP contribution >= 0.6 is 0 Å². The van der Waals surface area contributed by atoms with Crippen molar-refractivity contribution >= 4 is 11.9 Å². The van der Waals surface area contributed by atoms with E-state index in [2.05, 4.69) is 10.1 Å². The predicted molar refractivity (Wildman–Crippen MR) is 96.4 cm³/mol. The van der Waals surface area contributed by atoms with E-state index in [-0.39, 0.29) is 35.8 Å². The Morgan fingerprint density at radius 1 is 1.25 bits per heavy atom. The zero-order valence-electron chi connectivity index (χ0n) is 16.1. The van der Waals surface area contributed by atoms with Gasteiger partial charge in [0.05, 0.1) is 32.7 Å². The number of carbonyl (C=O) groups is 2. The van der Waals surface area contributed by atoms with Crippen LogP contribution in [0, 0.1) is 5.92 Å². The van der Waals surface area contributed by atoms with Crippen LogP contribution in [0.3, 0.4) is 0 Å². The number of hydrogen-bond donors (Lipinski definition) is 2. The van der Waals surface area contributed by atoms with Crippen LogP contribution in [0.15, 0.2) is 18.2 Å². The van der Waals surface area contributed by atoms with Crippen LogP contribution in [-0.4, -0.2) is 51.8 Å². The van der Waals surface area contributed by atoms with Crippen molar-refractivity contribution in [3.8, 4) is 11.5 Å². The second-order valence-corrected chi connectivity index (χ2v) is 6.59. The first kappa shape index (κ1) is 21.9. The third-order valence-electron chi connectivity index (χ3n) is 4.66. The minimum Gasteiger partial charge on any atom is -0.493 e. The lowest BCUT2D eigenvalue weighted by Crippen LogP contribution is -3.14. The number of rotatable bonds is 9. The maximum absolute atomic E-state index is 12.4. The van der Waals surface area contributed by atoms with Gasteiger partial charge >= 0.3 is 12.6 Å². The number of nitrogens with one attached hydrogen (secondary N) is 2. The van der Waals surface area contributed by atoms with Crippen LogP contribution in [0.25, 0.3) is 0 Å². The fraction of sp³-hybridized carbons (Fsp3) is 0.579. The molecule has 0 aromatic heterocycles. The first-order valence-corrected chi connectivity index (χ1v) is 9.31. The number of quaternary nitrogens is 1. The van der Waals surface area contributed by atoms with Crippen LogP contribution in [0.5, 0.6) is 11.5 Å². The Labute approximate surface area is 162 Å². The Bertz CT molecular complexity index is 664. The van der Waals surface area contributed by atoms with Gasteiger partial charge in [0, 0.05) is 19.4 Å². The predicted octanol–water partition coefficient (Wildman–Crippen LogP) is 0.771. The van der Waals surface area contributed by atoms with Gasteiger partial charge < -0.3 is 24.4 Å². The van der Waals surface area contributed by atoms with Gasteiger partial charge in [0.15, 0.2) is 18.0 Å². The van der Waals surface area contributed by atoms with Crippen molar-refractivity contribution in [2.75, 3.05) is 33.4 Å². The number of carbonyl (C=O) groups excluding carboxylic acids is 2. The molecule has 9 heteroatoms. The smallest absolute Gasteiger partial charge is 0.387 e. The van der Waals surface area contributed by atoms with E-state index in [1.165, 1.54) is 13.2 Å². The van der Waals surface area contributed by atoms with Gasteiger partial charge in [-0.2, -0.15) is 8.78 Å². The molecule has 1 heterocycles. The SMILES string of the molecule is CCOC(=O)C1CC[NH+](CC(=O)NCc2ccc(OC(F)F)c(OC)c2)CC1. The summed E-state index contributed by atoms with van der Waals surface area (Å²) in [7, 11) is 1.36. The molecule has 1 fully saturated rings. The van der Waals surface area contributed by atoms with Gasteiger partial charge in [-0.25, -0.2) is 0 Å². The summed E-state index contributed by atoms with van der Waals surface area (Å²) < 4.78 is 39.2. The summed E-state index contributed by atoms with van der Waals surface area (Å²) in [6, 6.07) is 4.53. The average molecular weight is 401 g/mol. The van der Waals surface area contributed by atoms with E-state index in [9.17, 15) is 18.4 Å². The third kappa shape index (κ3) is 6.63. The molecule has 0 unspecified atom stereocenters. The van der Waals surface area contributed by atoms with E-state index in [1.54, 1.807) is 19.1 Å². The molecule has 0 aliphatic carbocycles. The molecule has 1 aliphatic heterocycles. The molecule has 1 saturated heterocycles.